The summed E-state index contributed by atoms with van der Waals surface area (Å²) in [4.78, 5) is 15.0. The number of rotatable bonds is 4. The van der Waals surface area contributed by atoms with E-state index in [0.717, 1.165) is 0 Å². The highest BCUT2D eigenvalue weighted by atomic mass is 19.1. The first kappa shape index (κ1) is 19.2. The molecule has 1 aromatic heterocycles. The van der Waals surface area contributed by atoms with Crippen LogP contribution in [0.3, 0.4) is 0 Å². The third-order valence-electron chi connectivity index (χ3n) is 5.15. The average molecular weight is 428 g/mol. The fourth-order valence-electron chi connectivity index (χ4n) is 3.72. The van der Waals surface area contributed by atoms with Crippen LogP contribution < -0.4 is 19.7 Å². The minimum atomic E-state index is -0.474. The zero-order valence-electron chi connectivity index (χ0n) is 16.5. The first-order valence-electron chi connectivity index (χ1n) is 9.65. The van der Waals surface area contributed by atoms with Crippen molar-refractivity contribution in [1.29, 1.82) is 0 Å². The zero-order chi connectivity index (χ0) is 21.5. The van der Waals surface area contributed by atoms with Gasteiger partial charge in [-0.3, -0.25) is 4.79 Å². The third-order valence-corrected chi connectivity index (χ3v) is 5.15. The summed E-state index contributed by atoms with van der Waals surface area (Å²) in [6.07, 6.45) is 0. The lowest BCUT2D eigenvalue weighted by molar-refractivity contribution is -0.118. The number of hydrogen-bond donors (Lipinski definition) is 1. The Morgan fingerprint density at radius 3 is 2.87 bits per heavy atom. The lowest BCUT2D eigenvalue weighted by Gasteiger charge is -2.38. The van der Waals surface area contributed by atoms with Gasteiger partial charge in [0.1, 0.15) is 29.7 Å². The Morgan fingerprint density at radius 2 is 2.06 bits per heavy atom. The number of carbonyl (C=O) groups excluding carboxylic acids is 1. The van der Waals surface area contributed by atoms with E-state index in [1.54, 1.807) is 19.1 Å². The van der Waals surface area contributed by atoms with E-state index in [2.05, 4.69) is 20.7 Å². The van der Waals surface area contributed by atoms with Gasteiger partial charge in [0, 0.05) is 24.2 Å². The molecule has 0 saturated heterocycles. The number of carbonyl (C=O) groups is 1. The van der Waals surface area contributed by atoms with Crippen LogP contribution in [-0.4, -0.2) is 45.4 Å². The van der Waals surface area contributed by atoms with Crippen molar-refractivity contribution in [2.45, 2.75) is 26.1 Å². The van der Waals surface area contributed by atoms with E-state index in [0.29, 0.717) is 35.1 Å². The van der Waals surface area contributed by atoms with E-state index < -0.39 is 11.6 Å². The molecule has 0 saturated carbocycles. The van der Waals surface area contributed by atoms with Crippen molar-refractivity contribution in [2.24, 2.45) is 0 Å². The summed E-state index contributed by atoms with van der Waals surface area (Å²) in [6.45, 7) is 2.29. The van der Waals surface area contributed by atoms with Gasteiger partial charge < -0.3 is 19.7 Å². The Hall–Kier alpha value is -3.76. The maximum absolute atomic E-state index is 14.9. The number of fused-ring (bicyclic) bond motifs is 2. The van der Waals surface area contributed by atoms with Gasteiger partial charge in [0.25, 0.3) is 5.91 Å². The molecule has 0 spiro atoms. The molecule has 1 N–H and O–H groups in total. The molecule has 160 valence electrons. The third kappa shape index (κ3) is 3.74. The van der Waals surface area contributed by atoms with Crippen molar-refractivity contribution in [1.82, 2.24) is 20.2 Å². The number of aryl methyl sites for hydroxylation is 1. The lowest BCUT2D eigenvalue weighted by Crippen LogP contribution is -2.45. The monoisotopic (exact) mass is 428 g/mol. The number of benzene rings is 2. The van der Waals surface area contributed by atoms with Crippen LogP contribution in [0.25, 0.3) is 0 Å². The van der Waals surface area contributed by atoms with Crippen LogP contribution in [0.5, 0.6) is 11.5 Å². The first-order valence-corrected chi connectivity index (χ1v) is 9.65. The number of amides is 1. The van der Waals surface area contributed by atoms with Crippen LogP contribution in [0.2, 0.25) is 0 Å². The molecule has 0 radical (unpaired) electrons. The highest BCUT2D eigenvalue weighted by Crippen LogP contribution is 2.37. The van der Waals surface area contributed by atoms with E-state index in [1.807, 2.05) is 4.90 Å². The van der Waals surface area contributed by atoms with Crippen LogP contribution in [0.15, 0.2) is 30.3 Å². The number of halogens is 2. The molecule has 0 unspecified atom stereocenters. The minimum Gasteiger partial charge on any atom is -0.489 e. The molecule has 9 nitrogen and oxygen atoms in total. The normalized spacial score (nSPS) is 17.3. The molecule has 0 aliphatic carbocycles. The van der Waals surface area contributed by atoms with Gasteiger partial charge in [-0.1, -0.05) is 0 Å². The van der Waals surface area contributed by atoms with Crippen molar-refractivity contribution >= 4 is 17.3 Å². The van der Waals surface area contributed by atoms with Crippen molar-refractivity contribution < 1.29 is 23.0 Å². The number of aromatic nitrogens is 4. The summed E-state index contributed by atoms with van der Waals surface area (Å²) in [5.41, 5.74) is 1.37. The van der Waals surface area contributed by atoms with E-state index in [1.165, 1.54) is 23.0 Å². The second kappa shape index (κ2) is 7.49. The maximum Gasteiger partial charge on any atom is 0.262 e. The van der Waals surface area contributed by atoms with Gasteiger partial charge in [0.05, 0.1) is 24.0 Å². The highest BCUT2D eigenvalue weighted by molar-refractivity contribution is 5.95. The number of hydrogen-bond acceptors (Lipinski definition) is 7. The van der Waals surface area contributed by atoms with Gasteiger partial charge in [0.2, 0.25) is 0 Å². The Morgan fingerprint density at radius 1 is 1.19 bits per heavy atom. The van der Waals surface area contributed by atoms with Crippen molar-refractivity contribution in [3.05, 3.63) is 53.4 Å². The molecular weight excluding hydrogens is 410 g/mol. The summed E-state index contributed by atoms with van der Waals surface area (Å²) in [7, 11) is 0. The summed E-state index contributed by atoms with van der Waals surface area (Å²) >= 11 is 0. The summed E-state index contributed by atoms with van der Waals surface area (Å²) in [5, 5.41) is 14.8. The van der Waals surface area contributed by atoms with Crippen LogP contribution in [0, 0.1) is 18.6 Å². The number of nitrogens with zero attached hydrogens (tertiary/aromatic N) is 5. The Balaban J connectivity index is 1.50. The molecule has 2 aromatic carbocycles. The molecule has 1 atom stereocenters. The maximum atomic E-state index is 14.9. The van der Waals surface area contributed by atoms with Gasteiger partial charge in [-0.05, 0) is 30.3 Å². The molecular formula is C20H18F2N6O3. The van der Waals surface area contributed by atoms with Gasteiger partial charge in [-0.2, -0.15) is 4.80 Å². The molecule has 0 bridgehead atoms. The molecule has 3 aromatic rings. The lowest BCUT2D eigenvalue weighted by atomic mass is 10.1. The fourth-order valence-corrected chi connectivity index (χ4v) is 3.72. The molecule has 2 aliphatic heterocycles. The van der Waals surface area contributed by atoms with Crippen molar-refractivity contribution in [3.63, 3.8) is 0 Å². The number of tetrazole rings is 1. The van der Waals surface area contributed by atoms with Gasteiger partial charge in [-0.15, -0.1) is 10.2 Å². The number of anilines is 2. The van der Waals surface area contributed by atoms with E-state index >= 15 is 0 Å². The molecule has 5 rings (SSSR count). The highest BCUT2D eigenvalue weighted by Gasteiger charge is 2.30. The Labute approximate surface area is 175 Å². The van der Waals surface area contributed by atoms with Crippen LogP contribution in [0.1, 0.15) is 11.4 Å². The molecule has 31 heavy (non-hydrogen) atoms. The topological polar surface area (TPSA) is 94.4 Å². The van der Waals surface area contributed by atoms with Gasteiger partial charge >= 0.3 is 0 Å². The van der Waals surface area contributed by atoms with Crippen LogP contribution >= 0.6 is 0 Å². The predicted octanol–water partition coefficient (Wildman–Crippen LogP) is 2.06. The molecule has 1 amide bonds. The largest absolute Gasteiger partial charge is 0.489 e. The second-order valence-corrected chi connectivity index (χ2v) is 7.37. The van der Waals surface area contributed by atoms with Crippen LogP contribution in [0.4, 0.5) is 20.2 Å². The minimum absolute atomic E-state index is 0.148. The summed E-state index contributed by atoms with van der Waals surface area (Å²) in [5.74, 6) is -0.0211. The summed E-state index contributed by atoms with van der Waals surface area (Å²) < 4.78 is 39.7. The van der Waals surface area contributed by atoms with E-state index in [-0.39, 0.29) is 37.5 Å². The number of nitrogens with one attached hydrogen (secondary N) is 1. The molecule has 2 aliphatic rings. The summed E-state index contributed by atoms with van der Waals surface area (Å²) in [6, 6.07) is 6.76. The Kier molecular flexibility index (Phi) is 4.64. The molecule has 3 heterocycles. The quantitative estimate of drug-likeness (QED) is 0.680. The number of ether oxygens (including phenoxy) is 2. The zero-order valence-corrected chi connectivity index (χ0v) is 16.5. The molecule has 0 fully saturated rings. The standard InChI is InChI=1S/C20H18F2N6O3/c1-11-24-26-28(25-11)8-14-9-30-19-5-13(21)2-3-17(19)27(14)7-12-4-16-18(6-15(12)22)31-10-20(29)23-16/h2-6,14H,7-10H2,1H3,(H,23,29)/t14-/m0/s1. The SMILES string of the molecule is Cc1nnn(C[C@H]2COc3cc(F)ccc3N2Cc2cc3c(cc2F)OCC(=O)N3)n1. The average Bonchev–Trinajstić information content (AvgIpc) is 3.15. The second-order valence-electron chi connectivity index (χ2n) is 7.37. The first-order chi connectivity index (χ1) is 15.0. The molecule has 11 heteroatoms. The fraction of sp³-hybridized carbons (Fsp3) is 0.300. The van der Waals surface area contributed by atoms with Crippen molar-refractivity contribution in [3.8, 4) is 11.5 Å². The predicted molar refractivity (Wildman–Crippen MR) is 105 cm³/mol. The van der Waals surface area contributed by atoms with Gasteiger partial charge in [0.15, 0.2) is 12.4 Å². The van der Waals surface area contributed by atoms with Crippen LogP contribution in [-0.2, 0) is 17.9 Å². The van der Waals surface area contributed by atoms with E-state index in [9.17, 15) is 13.6 Å². The Bertz CT molecular complexity index is 1170. The smallest absolute Gasteiger partial charge is 0.262 e. The van der Waals surface area contributed by atoms with Crippen molar-refractivity contribution in [2.75, 3.05) is 23.4 Å². The van der Waals surface area contributed by atoms with Gasteiger partial charge in [-0.25, -0.2) is 8.78 Å². The van der Waals surface area contributed by atoms with E-state index in [4.69, 9.17) is 9.47 Å².